The van der Waals surface area contributed by atoms with E-state index in [1.54, 1.807) is 0 Å². The molecule has 0 atom stereocenters. The van der Waals surface area contributed by atoms with E-state index in [-0.39, 0.29) is 0 Å². The zero-order chi connectivity index (χ0) is 15.2. The molecule has 0 spiro atoms. The van der Waals surface area contributed by atoms with E-state index in [4.69, 9.17) is 0 Å². The largest absolute Gasteiger partial charge is 0.303 e. The average molecular weight is 293 g/mol. The van der Waals surface area contributed by atoms with Crippen LogP contribution in [-0.4, -0.2) is 24.5 Å². The first-order valence-corrected chi connectivity index (χ1v) is 8.69. The maximum Gasteiger partial charge on any atom is -0.00156 e. The van der Waals surface area contributed by atoms with Crippen molar-refractivity contribution in [2.75, 3.05) is 19.6 Å². The molecule has 0 aromatic heterocycles. The number of likely N-dealkylation sites (tertiary alicyclic amines) is 1. The lowest BCUT2D eigenvalue weighted by Gasteiger charge is -2.26. The van der Waals surface area contributed by atoms with Crippen LogP contribution in [0.2, 0.25) is 0 Å². The highest BCUT2D eigenvalue weighted by Crippen LogP contribution is 2.22. The summed E-state index contributed by atoms with van der Waals surface area (Å²) in [6, 6.07) is 17.9. The Labute approximate surface area is 135 Å². The molecule has 2 aromatic carbocycles. The van der Waals surface area contributed by atoms with Gasteiger partial charge in [0.25, 0.3) is 0 Å². The Morgan fingerprint density at radius 3 is 2.36 bits per heavy atom. The summed E-state index contributed by atoms with van der Waals surface area (Å²) in [4.78, 5) is 2.63. The highest BCUT2D eigenvalue weighted by Gasteiger charge is 2.09. The molecule has 1 heterocycles. The molecule has 0 amide bonds. The normalized spacial score (nSPS) is 15.9. The van der Waals surface area contributed by atoms with Crippen molar-refractivity contribution in [3.05, 3.63) is 59.7 Å². The molecule has 0 unspecified atom stereocenters. The van der Waals surface area contributed by atoms with Gasteiger partial charge in [0, 0.05) is 0 Å². The first-order chi connectivity index (χ1) is 10.8. The van der Waals surface area contributed by atoms with Crippen LogP contribution in [0.5, 0.6) is 0 Å². The van der Waals surface area contributed by atoms with Gasteiger partial charge in [0.05, 0.1) is 0 Å². The lowest BCUT2D eigenvalue weighted by atomic mass is 9.99. The fourth-order valence-corrected chi connectivity index (χ4v) is 3.42. The highest BCUT2D eigenvalue weighted by molar-refractivity contribution is 5.64. The molecule has 22 heavy (non-hydrogen) atoms. The molecular weight excluding hydrogens is 266 g/mol. The summed E-state index contributed by atoms with van der Waals surface area (Å²) >= 11 is 0. The van der Waals surface area contributed by atoms with E-state index >= 15 is 0 Å². The average Bonchev–Trinajstić information content (AvgIpc) is 2.56. The Kier molecular flexibility index (Phi) is 5.29. The van der Waals surface area contributed by atoms with Crippen LogP contribution in [-0.2, 0) is 6.42 Å². The molecule has 0 radical (unpaired) electrons. The molecule has 3 rings (SSSR count). The van der Waals surface area contributed by atoms with Gasteiger partial charge in [-0.1, -0.05) is 60.5 Å². The molecule has 1 heteroatoms. The first-order valence-electron chi connectivity index (χ1n) is 8.69. The summed E-state index contributed by atoms with van der Waals surface area (Å²) in [5.41, 5.74) is 5.47. The standard InChI is InChI=1S/C21H27N/c1-18-8-5-11-20(16-18)21-12-6-9-19(17-21)10-7-15-22-13-3-2-4-14-22/h5-6,8-9,11-12,16-17H,2-4,7,10,13-15H2,1H3. The highest BCUT2D eigenvalue weighted by atomic mass is 15.1. The second-order valence-electron chi connectivity index (χ2n) is 6.58. The maximum atomic E-state index is 2.63. The fraction of sp³-hybridized carbons (Fsp3) is 0.429. The van der Waals surface area contributed by atoms with Gasteiger partial charge in [-0.25, -0.2) is 0 Å². The van der Waals surface area contributed by atoms with Gasteiger partial charge in [0.2, 0.25) is 0 Å². The third-order valence-corrected chi connectivity index (χ3v) is 4.67. The van der Waals surface area contributed by atoms with Crippen molar-refractivity contribution in [3.63, 3.8) is 0 Å². The summed E-state index contributed by atoms with van der Waals surface area (Å²) in [6.45, 7) is 6.04. The first kappa shape index (κ1) is 15.3. The molecule has 0 aliphatic carbocycles. The Morgan fingerprint density at radius 2 is 1.59 bits per heavy atom. The van der Waals surface area contributed by atoms with Crippen LogP contribution in [0.15, 0.2) is 48.5 Å². The monoisotopic (exact) mass is 293 g/mol. The van der Waals surface area contributed by atoms with Crippen molar-refractivity contribution in [1.82, 2.24) is 4.90 Å². The smallest absolute Gasteiger partial charge is 0.00156 e. The van der Waals surface area contributed by atoms with Crippen molar-refractivity contribution >= 4 is 0 Å². The zero-order valence-corrected chi connectivity index (χ0v) is 13.7. The fourth-order valence-electron chi connectivity index (χ4n) is 3.42. The van der Waals surface area contributed by atoms with Gasteiger partial charge in [-0.3, -0.25) is 0 Å². The predicted molar refractivity (Wildman–Crippen MR) is 95.2 cm³/mol. The quantitative estimate of drug-likeness (QED) is 0.743. The Balaban J connectivity index is 1.59. The van der Waals surface area contributed by atoms with E-state index < -0.39 is 0 Å². The molecule has 1 aliphatic heterocycles. The number of rotatable bonds is 5. The number of hydrogen-bond acceptors (Lipinski definition) is 1. The van der Waals surface area contributed by atoms with E-state index in [2.05, 4.69) is 60.4 Å². The van der Waals surface area contributed by atoms with Crippen LogP contribution in [0.1, 0.15) is 36.8 Å². The van der Waals surface area contributed by atoms with Crippen LogP contribution in [0.4, 0.5) is 0 Å². The van der Waals surface area contributed by atoms with Crippen molar-refractivity contribution in [3.8, 4) is 11.1 Å². The van der Waals surface area contributed by atoms with Crippen molar-refractivity contribution in [1.29, 1.82) is 0 Å². The molecule has 1 nitrogen and oxygen atoms in total. The van der Waals surface area contributed by atoms with Gasteiger partial charge in [-0.15, -0.1) is 0 Å². The second kappa shape index (κ2) is 7.60. The molecule has 0 bridgehead atoms. The minimum absolute atomic E-state index is 1.19. The van der Waals surface area contributed by atoms with Gasteiger partial charge in [0.15, 0.2) is 0 Å². The van der Waals surface area contributed by atoms with Gasteiger partial charge >= 0.3 is 0 Å². The van der Waals surface area contributed by atoms with E-state index in [0.29, 0.717) is 0 Å². The molecule has 2 aromatic rings. The minimum atomic E-state index is 1.19. The second-order valence-corrected chi connectivity index (χ2v) is 6.58. The number of benzene rings is 2. The van der Waals surface area contributed by atoms with E-state index in [1.807, 2.05) is 0 Å². The lowest BCUT2D eigenvalue weighted by molar-refractivity contribution is 0.226. The molecule has 1 fully saturated rings. The summed E-state index contributed by atoms with van der Waals surface area (Å²) in [5, 5.41) is 0. The molecule has 116 valence electrons. The van der Waals surface area contributed by atoms with Crippen LogP contribution in [0, 0.1) is 6.92 Å². The van der Waals surface area contributed by atoms with Crippen LogP contribution in [0.3, 0.4) is 0 Å². The van der Waals surface area contributed by atoms with Crippen molar-refractivity contribution < 1.29 is 0 Å². The van der Waals surface area contributed by atoms with E-state index in [1.165, 1.54) is 74.0 Å². The van der Waals surface area contributed by atoms with Gasteiger partial charge in [0.1, 0.15) is 0 Å². The van der Waals surface area contributed by atoms with Crippen LogP contribution >= 0.6 is 0 Å². The predicted octanol–water partition coefficient (Wildman–Crippen LogP) is 5.08. The van der Waals surface area contributed by atoms with Gasteiger partial charge < -0.3 is 4.90 Å². The molecular formula is C21H27N. The molecule has 1 saturated heterocycles. The Hall–Kier alpha value is -1.60. The summed E-state index contributed by atoms with van der Waals surface area (Å²) in [7, 11) is 0. The molecule has 0 saturated carbocycles. The Bertz CT molecular complexity index is 596. The van der Waals surface area contributed by atoms with E-state index in [0.717, 1.165) is 0 Å². The zero-order valence-electron chi connectivity index (χ0n) is 13.7. The number of nitrogens with zero attached hydrogens (tertiary/aromatic N) is 1. The van der Waals surface area contributed by atoms with Crippen LogP contribution < -0.4 is 0 Å². The van der Waals surface area contributed by atoms with Gasteiger partial charge in [-0.2, -0.15) is 0 Å². The third kappa shape index (κ3) is 4.20. The Morgan fingerprint density at radius 1 is 0.864 bits per heavy atom. The number of hydrogen-bond donors (Lipinski definition) is 0. The summed E-state index contributed by atoms with van der Waals surface area (Å²) in [6.07, 6.45) is 6.67. The number of piperidine rings is 1. The van der Waals surface area contributed by atoms with E-state index in [9.17, 15) is 0 Å². The third-order valence-electron chi connectivity index (χ3n) is 4.67. The maximum absolute atomic E-state index is 2.63. The van der Waals surface area contributed by atoms with Crippen molar-refractivity contribution in [2.24, 2.45) is 0 Å². The SMILES string of the molecule is Cc1cccc(-c2cccc(CCCN3CCCCC3)c2)c1. The van der Waals surface area contributed by atoms with Crippen molar-refractivity contribution in [2.45, 2.75) is 39.0 Å². The molecule has 1 aliphatic rings. The lowest BCUT2D eigenvalue weighted by Crippen LogP contribution is -2.30. The summed E-state index contributed by atoms with van der Waals surface area (Å²) in [5.74, 6) is 0. The van der Waals surface area contributed by atoms with Crippen LogP contribution in [0.25, 0.3) is 11.1 Å². The topological polar surface area (TPSA) is 3.24 Å². The summed E-state index contributed by atoms with van der Waals surface area (Å²) < 4.78 is 0. The molecule has 0 N–H and O–H groups in total. The van der Waals surface area contributed by atoms with Gasteiger partial charge in [-0.05, 0) is 68.9 Å². The number of aryl methyl sites for hydroxylation is 2. The minimum Gasteiger partial charge on any atom is -0.303 e.